The zero-order valence-corrected chi connectivity index (χ0v) is 10.9. The third-order valence-electron chi connectivity index (χ3n) is 3.24. The first kappa shape index (κ1) is 13.8. The van der Waals surface area contributed by atoms with E-state index in [4.69, 9.17) is 4.74 Å². The third kappa shape index (κ3) is 3.44. The van der Waals surface area contributed by atoms with E-state index in [-0.39, 0.29) is 18.1 Å². The molecule has 104 valence electrons. The first-order valence-corrected chi connectivity index (χ1v) is 6.46. The van der Waals surface area contributed by atoms with Crippen molar-refractivity contribution in [3.63, 3.8) is 0 Å². The standard InChI is InChI=1S/C14H18FNO3/c1-10(17)12-5-4-11(8-13(12)15)19-9-14(18)16-6-2-3-7-16/h4-5,8,10,17H,2-3,6-7,9H2,1H3/t10-/m0/s1. The molecule has 2 rings (SSSR count). The molecule has 0 saturated carbocycles. The lowest BCUT2D eigenvalue weighted by Gasteiger charge is -2.16. The van der Waals surface area contributed by atoms with Crippen molar-refractivity contribution in [1.82, 2.24) is 4.90 Å². The van der Waals surface area contributed by atoms with E-state index in [1.165, 1.54) is 19.1 Å². The van der Waals surface area contributed by atoms with Gasteiger partial charge in [0.1, 0.15) is 11.6 Å². The number of ether oxygens (including phenoxy) is 1. The molecule has 4 nitrogen and oxygen atoms in total. The van der Waals surface area contributed by atoms with E-state index in [0.717, 1.165) is 25.9 Å². The van der Waals surface area contributed by atoms with Gasteiger partial charge in [-0.15, -0.1) is 0 Å². The molecule has 1 aromatic rings. The molecule has 0 spiro atoms. The Morgan fingerprint density at radius 3 is 2.74 bits per heavy atom. The summed E-state index contributed by atoms with van der Waals surface area (Å²) < 4.78 is 18.9. The van der Waals surface area contributed by atoms with Crippen molar-refractivity contribution >= 4 is 5.91 Å². The topological polar surface area (TPSA) is 49.8 Å². The fourth-order valence-electron chi connectivity index (χ4n) is 2.14. The quantitative estimate of drug-likeness (QED) is 0.906. The van der Waals surface area contributed by atoms with Crippen LogP contribution in [0.2, 0.25) is 0 Å². The van der Waals surface area contributed by atoms with Crippen LogP contribution in [0.1, 0.15) is 31.4 Å². The number of hydrogen-bond donors (Lipinski definition) is 1. The zero-order chi connectivity index (χ0) is 13.8. The number of rotatable bonds is 4. The van der Waals surface area contributed by atoms with E-state index in [2.05, 4.69) is 0 Å². The minimum atomic E-state index is -0.861. The molecule has 1 saturated heterocycles. The molecule has 1 atom stereocenters. The van der Waals surface area contributed by atoms with Gasteiger partial charge in [-0.25, -0.2) is 4.39 Å². The molecule has 1 fully saturated rings. The van der Waals surface area contributed by atoms with E-state index in [0.29, 0.717) is 5.75 Å². The second kappa shape index (κ2) is 6.02. The van der Waals surface area contributed by atoms with Gasteiger partial charge >= 0.3 is 0 Å². The number of likely N-dealkylation sites (tertiary alicyclic amines) is 1. The molecule has 1 aliphatic heterocycles. The fraction of sp³-hybridized carbons (Fsp3) is 0.500. The number of aliphatic hydroxyl groups excluding tert-OH is 1. The van der Waals surface area contributed by atoms with Crippen LogP contribution in [-0.4, -0.2) is 35.6 Å². The van der Waals surface area contributed by atoms with E-state index < -0.39 is 11.9 Å². The highest BCUT2D eigenvalue weighted by Crippen LogP contribution is 2.21. The number of benzene rings is 1. The van der Waals surface area contributed by atoms with Gasteiger partial charge in [-0.2, -0.15) is 0 Å². The molecule has 0 radical (unpaired) electrons. The lowest BCUT2D eigenvalue weighted by atomic mass is 10.1. The van der Waals surface area contributed by atoms with E-state index in [1.807, 2.05) is 0 Å². The monoisotopic (exact) mass is 267 g/mol. The molecule has 1 amide bonds. The predicted octanol–water partition coefficient (Wildman–Crippen LogP) is 1.88. The summed E-state index contributed by atoms with van der Waals surface area (Å²) in [5.74, 6) is -0.298. The van der Waals surface area contributed by atoms with Crippen molar-refractivity contribution in [2.45, 2.75) is 25.9 Å². The Labute approximate surface area is 111 Å². The number of nitrogens with zero attached hydrogens (tertiary/aromatic N) is 1. The lowest BCUT2D eigenvalue weighted by molar-refractivity contribution is -0.132. The Hall–Kier alpha value is -1.62. The molecular weight excluding hydrogens is 249 g/mol. The number of amides is 1. The molecular formula is C14H18FNO3. The number of hydrogen-bond acceptors (Lipinski definition) is 3. The summed E-state index contributed by atoms with van der Waals surface area (Å²) in [6.07, 6.45) is 1.20. The smallest absolute Gasteiger partial charge is 0.260 e. The Bertz CT molecular complexity index is 456. The molecule has 1 heterocycles. The van der Waals surface area contributed by atoms with E-state index in [1.54, 1.807) is 11.0 Å². The van der Waals surface area contributed by atoms with Crippen LogP contribution in [-0.2, 0) is 4.79 Å². The fourth-order valence-corrected chi connectivity index (χ4v) is 2.14. The highest BCUT2D eigenvalue weighted by Gasteiger charge is 2.18. The Balaban J connectivity index is 1.92. The number of carbonyl (C=O) groups excluding carboxylic acids is 1. The second-order valence-electron chi connectivity index (χ2n) is 4.74. The van der Waals surface area contributed by atoms with Gasteiger partial charge in [0.05, 0.1) is 6.10 Å². The number of aliphatic hydroxyl groups is 1. The van der Waals surface area contributed by atoms with Crippen molar-refractivity contribution < 1.29 is 19.0 Å². The van der Waals surface area contributed by atoms with Crippen molar-refractivity contribution in [2.24, 2.45) is 0 Å². The largest absolute Gasteiger partial charge is 0.484 e. The van der Waals surface area contributed by atoms with Crippen LogP contribution in [0.15, 0.2) is 18.2 Å². The minimum absolute atomic E-state index is 0.0717. The number of carbonyl (C=O) groups is 1. The molecule has 0 aromatic heterocycles. The van der Waals surface area contributed by atoms with Crippen molar-refractivity contribution in [3.05, 3.63) is 29.6 Å². The van der Waals surface area contributed by atoms with Gasteiger partial charge in [-0.1, -0.05) is 0 Å². The Morgan fingerprint density at radius 1 is 1.47 bits per heavy atom. The predicted molar refractivity (Wildman–Crippen MR) is 68.3 cm³/mol. The number of halogens is 1. The minimum Gasteiger partial charge on any atom is -0.484 e. The van der Waals surface area contributed by atoms with E-state index >= 15 is 0 Å². The normalized spacial score (nSPS) is 16.5. The molecule has 0 aliphatic carbocycles. The summed E-state index contributed by atoms with van der Waals surface area (Å²) in [5, 5.41) is 9.32. The molecule has 5 heteroatoms. The van der Waals surface area contributed by atoms with Gasteiger partial charge in [0.2, 0.25) is 0 Å². The van der Waals surface area contributed by atoms with Crippen LogP contribution in [0.4, 0.5) is 4.39 Å². The Morgan fingerprint density at radius 2 is 2.16 bits per heavy atom. The van der Waals surface area contributed by atoms with Gasteiger partial charge in [0.25, 0.3) is 5.91 Å². The molecule has 1 aliphatic rings. The lowest BCUT2D eigenvalue weighted by Crippen LogP contribution is -2.32. The van der Waals surface area contributed by atoms with Crippen LogP contribution in [0, 0.1) is 5.82 Å². The van der Waals surface area contributed by atoms with Crippen LogP contribution in [0.25, 0.3) is 0 Å². The SMILES string of the molecule is C[C@H](O)c1ccc(OCC(=O)N2CCCC2)cc1F. The maximum atomic E-state index is 13.6. The van der Waals surface area contributed by atoms with Crippen molar-refractivity contribution in [1.29, 1.82) is 0 Å². The van der Waals surface area contributed by atoms with Crippen molar-refractivity contribution in [2.75, 3.05) is 19.7 Å². The molecule has 0 unspecified atom stereocenters. The van der Waals surface area contributed by atoms with Gasteiger partial charge < -0.3 is 14.7 Å². The van der Waals surface area contributed by atoms with Gasteiger partial charge in [0.15, 0.2) is 6.61 Å². The van der Waals surface area contributed by atoms with Crippen LogP contribution < -0.4 is 4.74 Å². The first-order chi connectivity index (χ1) is 9.08. The second-order valence-corrected chi connectivity index (χ2v) is 4.74. The molecule has 19 heavy (non-hydrogen) atoms. The average Bonchev–Trinajstić information content (AvgIpc) is 2.89. The molecule has 0 bridgehead atoms. The van der Waals surface area contributed by atoms with Crippen LogP contribution >= 0.6 is 0 Å². The van der Waals surface area contributed by atoms with Crippen LogP contribution in [0.3, 0.4) is 0 Å². The zero-order valence-electron chi connectivity index (χ0n) is 10.9. The highest BCUT2D eigenvalue weighted by molar-refractivity contribution is 5.78. The van der Waals surface area contributed by atoms with Gasteiger partial charge in [-0.05, 0) is 31.9 Å². The maximum absolute atomic E-state index is 13.6. The van der Waals surface area contributed by atoms with Gasteiger partial charge in [-0.3, -0.25) is 4.79 Å². The summed E-state index contributed by atoms with van der Waals surface area (Å²) >= 11 is 0. The summed E-state index contributed by atoms with van der Waals surface area (Å²) in [6.45, 7) is 2.97. The Kier molecular flexibility index (Phi) is 4.37. The van der Waals surface area contributed by atoms with E-state index in [9.17, 15) is 14.3 Å². The summed E-state index contributed by atoms with van der Waals surface area (Å²) in [5.41, 5.74) is 0.221. The highest BCUT2D eigenvalue weighted by atomic mass is 19.1. The molecule has 1 aromatic carbocycles. The maximum Gasteiger partial charge on any atom is 0.260 e. The van der Waals surface area contributed by atoms with Gasteiger partial charge in [0, 0.05) is 24.7 Å². The summed E-state index contributed by atoms with van der Waals surface area (Å²) in [7, 11) is 0. The van der Waals surface area contributed by atoms with Crippen LogP contribution in [0.5, 0.6) is 5.75 Å². The van der Waals surface area contributed by atoms with Crippen molar-refractivity contribution in [3.8, 4) is 5.75 Å². The third-order valence-corrected chi connectivity index (χ3v) is 3.24. The summed E-state index contributed by atoms with van der Waals surface area (Å²) in [6, 6.07) is 4.22. The first-order valence-electron chi connectivity index (χ1n) is 6.46. The summed E-state index contributed by atoms with van der Waals surface area (Å²) in [4.78, 5) is 13.5. The molecule has 1 N–H and O–H groups in total. The average molecular weight is 267 g/mol.